The van der Waals surface area contributed by atoms with Crippen LogP contribution in [0.4, 0.5) is 23.3 Å². The monoisotopic (exact) mass is 554 g/mol. The van der Waals surface area contributed by atoms with Crippen LogP contribution >= 0.6 is 0 Å². The minimum atomic E-state index is -3.01. The zero-order valence-corrected chi connectivity index (χ0v) is 24.0. The van der Waals surface area contributed by atoms with Crippen LogP contribution in [0.25, 0.3) is 10.8 Å². The number of aromatic nitrogens is 3. The van der Waals surface area contributed by atoms with E-state index in [1.165, 1.54) is 11.8 Å². The van der Waals surface area contributed by atoms with E-state index >= 15 is 0 Å². The number of fused-ring (bicyclic) bond motifs is 1. The van der Waals surface area contributed by atoms with Crippen molar-refractivity contribution in [3.05, 3.63) is 42.2 Å². The smallest absolute Gasteiger partial charge is 0.227 e. The zero-order chi connectivity index (χ0) is 27.9. The summed E-state index contributed by atoms with van der Waals surface area (Å²) < 4.78 is 29.1. The van der Waals surface area contributed by atoms with Crippen molar-refractivity contribution in [1.82, 2.24) is 15.0 Å². The predicted molar refractivity (Wildman–Crippen MR) is 155 cm³/mol. The topological polar surface area (TPSA) is 121 Å². The van der Waals surface area contributed by atoms with Gasteiger partial charge in [-0.25, -0.2) is 18.4 Å². The number of methoxy groups -OCH3 is 1. The van der Waals surface area contributed by atoms with Gasteiger partial charge in [-0.3, -0.25) is 0 Å². The molecular weight excluding hydrogens is 516 g/mol. The number of aliphatic hydroxyl groups is 1. The Morgan fingerprint density at radius 1 is 1.15 bits per heavy atom. The molecule has 5 rings (SSSR count). The molecule has 0 radical (unpaired) electrons. The Bertz CT molecular complexity index is 1450. The minimum absolute atomic E-state index is 0.128. The van der Waals surface area contributed by atoms with Crippen molar-refractivity contribution < 1.29 is 18.3 Å². The average Bonchev–Trinajstić information content (AvgIpc) is 2.90. The highest BCUT2D eigenvalue weighted by atomic mass is 32.2. The van der Waals surface area contributed by atoms with Gasteiger partial charge in [0.25, 0.3) is 0 Å². The Balaban J connectivity index is 1.40. The van der Waals surface area contributed by atoms with E-state index < -0.39 is 15.9 Å². The highest BCUT2D eigenvalue weighted by Gasteiger charge is 2.38. The van der Waals surface area contributed by atoms with Crippen LogP contribution in [0.1, 0.15) is 38.7 Å². The number of anilines is 4. The number of benzene rings is 1. The maximum Gasteiger partial charge on any atom is 0.227 e. The van der Waals surface area contributed by atoms with Crippen molar-refractivity contribution in [2.45, 2.75) is 51.4 Å². The third-order valence-corrected chi connectivity index (χ3v) is 9.01. The molecule has 0 spiro atoms. The summed E-state index contributed by atoms with van der Waals surface area (Å²) in [5, 5.41) is 15.6. The lowest BCUT2D eigenvalue weighted by Gasteiger charge is -2.48. The number of nitrogens with one attached hydrogen (secondary N) is 1. The first kappa shape index (κ1) is 27.5. The minimum Gasteiger partial charge on any atom is -0.390 e. The molecular formula is C28H38N6O4S. The van der Waals surface area contributed by atoms with Gasteiger partial charge in [-0.05, 0) is 48.4 Å². The van der Waals surface area contributed by atoms with Crippen LogP contribution in [-0.2, 0) is 14.6 Å². The Morgan fingerprint density at radius 2 is 1.95 bits per heavy atom. The molecule has 0 bridgehead atoms. The van der Waals surface area contributed by atoms with E-state index in [-0.39, 0.29) is 23.8 Å². The van der Waals surface area contributed by atoms with E-state index in [0.717, 1.165) is 16.5 Å². The van der Waals surface area contributed by atoms with Gasteiger partial charge in [0, 0.05) is 68.4 Å². The largest absolute Gasteiger partial charge is 0.390 e. The number of hydrogen-bond acceptors (Lipinski definition) is 10. The van der Waals surface area contributed by atoms with Crippen molar-refractivity contribution in [1.29, 1.82) is 0 Å². The quantitative estimate of drug-likeness (QED) is 0.429. The Labute approximate surface area is 230 Å². The summed E-state index contributed by atoms with van der Waals surface area (Å²) in [7, 11) is -1.41. The van der Waals surface area contributed by atoms with Gasteiger partial charge in [0.2, 0.25) is 5.95 Å². The van der Waals surface area contributed by atoms with E-state index in [1.807, 2.05) is 17.2 Å². The van der Waals surface area contributed by atoms with Gasteiger partial charge in [-0.1, -0.05) is 19.9 Å². The summed E-state index contributed by atoms with van der Waals surface area (Å²) in [5.41, 5.74) is 2.30. The van der Waals surface area contributed by atoms with Crippen LogP contribution < -0.4 is 15.1 Å². The molecule has 2 N–H and O–H groups in total. The fraction of sp³-hybridized carbons (Fsp3) is 0.536. The molecule has 0 saturated carbocycles. The molecule has 0 amide bonds. The summed E-state index contributed by atoms with van der Waals surface area (Å²) in [6.07, 6.45) is 4.75. The van der Waals surface area contributed by atoms with Gasteiger partial charge in [-0.15, -0.1) is 0 Å². The molecule has 1 aromatic carbocycles. The maximum atomic E-state index is 11.8. The van der Waals surface area contributed by atoms with Crippen molar-refractivity contribution in [3.8, 4) is 0 Å². The van der Waals surface area contributed by atoms with Crippen molar-refractivity contribution in [2.24, 2.45) is 5.92 Å². The first-order valence-corrected chi connectivity index (χ1v) is 15.5. The van der Waals surface area contributed by atoms with Gasteiger partial charge in [-0.2, -0.15) is 4.98 Å². The molecule has 0 unspecified atom stereocenters. The fourth-order valence-corrected chi connectivity index (χ4v) is 6.84. The van der Waals surface area contributed by atoms with Gasteiger partial charge in [0.1, 0.15) is 27.6 Å². The maximum absolute atomic E-state index is 11.8. The SMILES string of the molecule is CO[C@H]1CN(c2nccc(Nc3cc4c(C(C)C)ccc(N5C[C@H](CS(C)(=O)=O)[C@H]5C)c4cn3)n2)CC[C@H]1O. The number of aliphatic hydroxyl groups excluding tert-OH is 1. The van der Waals surface area contributed by atoms with E-state index in [1.54, 1.807) is 13.3 Å². The van der Waals surface area contributed by atoms with Crippen LogP contribution in [0.2, 0.25) is 0 Å². The summed E-state index contributed by atoms with van der Waals surface area (Å²) in [4.78, 5) is 18.2. The number of pyridine rings is 1. The molecule has 4 atom stereocenters. The van der Waals surface area contributed by atoms with Gasteiger partial charge in [0.15, 0.2) is 0 Å². The molecule has 10 nitrogen and oxygen atoms in total. The summed E-state index contributed by atoms with van der Waals surface area (Å²) in [6.45, 7) is 8.34. The molecule has 2 aromatic heterocycles. The Morgan fingerprint density at radius 3 is 2.64 bits per heavy atom. The second-order valence-electron chi connectivity index (χ2n) is 11.1. The van der Waals surface area contributed by atoms with Gasteiger partial charge >= 0.3 is 0 Å². The molecule has 3 aromatic rings. The van der Waals surface area contributed by atoms with Crippen molar-refractivity contribution >= 4 is 43.9 Å². The van der Waals surface area contributed by atoms with Gasteiger partial charge < -0.3 is 25.0 Å². The first-order valence-electron chi connectivity index (χ1n) is 13.5. The molecule has 210 valence electrons. The van der Waals surface area contributed by atoms with E-state index in [2.05, 4.69) is 54.2 Å². The van der Waals surface area contributed by atoms with Crippen LogP contribution in [0.5, 0.6) is 0 Å². The van der Waals surface area contributed by atoms with E-state index in [0.29, 0.717) is 49.6 Å². The third kappa shape index (κ3) is 5.80. The van der Waals surface area contributed by atoms with Crippen LogP contribution in [0.3, 0.4) is 0 Å². The Hall–Kier alpha value is -3.02. The number of rotatable bonds is 8. The molecule has 4 heterocycles. The molecule has 2 aliphatic heterocycles. The second kappa shape index (κ2) is 10.9. The Kier molecular flexibility index (Phi) is 7.67. The standard InChI is InChI=1S/C28H38N6O4S/c1-17(2)20-6-7-23(34-14-19(18(34)3)16-39(5,36)37)22-13-30-27(12-21(20)22)31-26-8-10-29-28(32-26)33-11-9-24(35)25(15-33)38-4/h6-8,10,12-13,17-19,24-25,35H,9,11,14-16H2,1-5H3,(H,29,30,31,32)/t18-,19-,24-,25+/m1/s1. The zero-order valence-electron chi connectivity index (χ0n) is 23.2. The summed E-state index contributed by atoms with van der Waals surface area (Å²) >= 11 is 0. The number of sulfone groups is 1. The number of nitrogens with zero attached hydrogens (tertiary/aromatic N) is 5. The fourth-order valence-electron chi connectivity index (χ4n) is 5.67. The molecule has 39 heavy (non-hydrogen) atoms. The van der Waals surface area contributed by atoms with Crippen LogP contribution in [0, 0.1) is 5.92 Å². The summed E-state index contributed by atoms with van der Waals surface area (Å²) in [6, 6.07) is 8.32. The van der Waals surface area contributed by atoms with Crippen molar-refractivity contribution in [3.63, 3.8) is 0 Å². The number of hydrogen-bond donors (Lipinski definition) is 2. The lowest BCUT2D eigenvalue weighted by Crippen LogP contribution is -2.57. The molecule has 11 heteroatoms. The van der Waals surface area contributed by atoms with Crippen LogP contribution in [0.15, 0.2) is 36.7 Å². The molecule has 2 fully saturated rings. The first-order chi connectivity index (χ1) is 18.5. The second-order valence-corrected chi connectivity index (χ2v) is 13.3. The molecule has 0 aliphatic carbocycles. The predicted octanol–water partition coefficient (Wildman–Crippen LogP) is 3.35. The molecule has 2 saturated heterocycles. The van der Waals surface area contributed by atoms with Crippen molar-refractivity contribution in [2.75, 3.05) is 53.9 Å². The average molecular weight is 555 g/mol. The van der Waals surface area contributed by atoms with Gasteiger partial charge in [0.05, 0.1) is 11.9 Å². The molecule has 2 aliphatic rings. The lowest BCUT2D eigenvalue weighted by atomic mass is 9.88. The normalized spacial score (nSPS) is 23.8. The van der Waals surface area contributed by atoms with Crippen LogP contribution in [-0.4, -0.2) is 85.5 Å². The highest BCUT2D eigenvalue weighted by molar-refractivity contribution is 7.90. The number of piperidine rings is 1. The highest BCUT2D eigenvalue weighted by Crippen LogP contribution is 2.39. The number of ether oxygens (including phenoxy) is 1. The van der Waals surface area contributed by atoms with E-state index in [4.69, 9.17) is 14.7 Å². The third-order valence-electron chi connectivity index (χ3n) is 7.97. The van der Waals surface area contributed by atoms with E-state index in [9.17, 15) is 13.5 Å². The summed E-state index contributed by atoms with van der Waals surface area (Å²) in [5.74, 6) is 2.55. The lowest BCUT2D eigenvalue weighted by molar-refractivity contribution is -0.0208.